The number of amides is 1. The van der Waals surface area contributed by atoms with Crippen LogP contribution in [-0.2, 0) is 16.1 Å². The summed E-state index contributed by atoms with van der Waals surface area (Å²) in [5.74, 6) is 2.09. The Balaban J connectivity index is 1.85. The molecule has 1 aliphatic rings. The molecule has 7 nitrogen and oxygen atoms in total. The number of carbonyl (C=O) groups is 1. The zero-order valence-electron chi connectivity index (χ0n) is 11.6. The number of fused-ring (bicyclic) bond motifs is 1. The number of benzene rings is 1. The predicted molar refractivity (Wildman–Crippen MR) is 71.7 cm³/mol. The van der Waals surface area contributed by atoms with Gasteiger partial charge in [0, 0.05) is 5.56 Å². The van der Waals surface area contributed by atoms with Gasteiger partial charge >= 0.3 is 0 Å². The van der Waals surface area contributed by atoms with E-state index in [2.05, 4.69) is 15.3 Å². The number of ether oxygens (including phenoxy) is 2. The summed E-state index contributed by atoms with van der Waals surface area (Å²) in [6.07, 6.45) is 0.0910. The molecular weight excluding hydrogens is 276 g/mol. The van der Waals surface area contributed by atoms with E-state index in [1.165, 1.54) is 7.11 Å². The maximum absolute atomic E-state index is 11.5. The van der Waals surface area contributed by atoms with Crippen molar-refractivity contribution in [2.75, 3.05) is 13.9 Å². The van der Waals surface area contributed by atoms with Gasteiger partial charge in [-0.3, -0.25) is 9.63 Å². The van der Waals surface area contributed by atoms with Crippen LogP contribution in [0, 0.1) is 6.92 Å². The van der Waals surface area contributed by atoms with E-state index in [4.69, 9.17) is 13.9 Å². The summed E-state index contributed by atoms with van der Waals surface area (Å²) in [6.45, 7) is 1.98. The Labute approximate surface area is 120 Å². The third kappa shape index (κ3) is 2.68. The second kappa shape index (κ2) is 5.45. The average molecular weight is 290 g/mol. The highest BCUT2D eigenvalue weighted by atomic mass is 16.7. The predicted octanol–water partition coefficient (Wildman–Crippen LogP) is 1.60. The molecule has 110 valence electrons. The van der Waals surface area contributed by atoms with Gasteiger partial charge in [0.2, 0.25) is 18.6 Å². The van der Waals surface area contributed by atoms with Gasteiger partial charge in [-0.15, -0.1) is 0 Å². The largest absolute Gasteiger partial charge is 0.454 e. The van der Waals surface area contributed by atoms with E-state index in [0.717, 1.165) is 5.56 Å². The number of hydroxylamine groups is 1. The summed E-state index contributed by atoms with van der Waals surface area (Å²) in [5.41, 5.74) is 3.58. The van der Waals surface area contributed by atoms with Gasteiger partial charge < -0.3 is 13.9 Å². The molecule has 0 saturated heterocycles. The van der Waals surface area contributed by atoms with Gasteiger partial charge in [0.1, 0.15) is 5.76 Å². The van der Waals surface area contributed by atoms with Crippen LogP contribution in [0.2, 0.25) is 0 Å². The van der Waals surface area contributed by atoms with Gasteiger partial charge in [-0.05, 0) is 25.1 Å². The zero-order chi connectivity index (χ0) is 14.8. The molecule has 0 fully saturated rings. The van der Waals surface area contributed by atoms with E-state index in [0.29, 0.717) is 28.8 Å². The van der Waals surface area contributed by atoms with E-state index in [1.54, 1.807) is 19.1 Å². The quantitative estimate of drug-likeness (QED) is 0.861. The summed E-state index contributed by atoms with van der Waals surface area (Å²) in [4.78, 5) is 20.4. The summed E-state index contributed by atoms with van der Waals surface area (Å²) >= 11 is 0. The van der Waals surface area contributed by atoms with Crippen molar-refractivity contribution in [1.82, 2.24) is 10.5 Å². The number of rotatable bonds is 4. The monoisotopic (exact) mass is 290 g/mol. The molecule has 2 aromatic rings. The fourth-order valence-electron chi connectivity index (χ4n) is 2.05. The molecule has 0 bridgehead atoms. The van der Waals surface area contributed by atoms with Crippen molar-refractivity contribution < 1.29 is 23.5 Å². The Morgan fingerprint density at radius 1 is 1.38 bits per heavy atom. The van der Waals surface area contributed by atoms with Gasteiger partial charge in [0.25, 0.3) is 0 Å². The lowest BCUT2D eigenvalue weighted by Crippen LogP contribution is -2.24. The van der Waals surface area contributed by atoms with E-state index in [-0.39, 0.29) is 19.1 Å². The normalized spacial score (nSPS) is 12.5. The highest BCUT2D eigenvalue weighted by Gasteiger charge is 2.18. The van der Waals surface area contributed by atoms with Crippen molar-refractivity contribution in [2.24, 2.45) is 0 Å². The molecule has 3 rings (SSSR count). The van der Waals surface area contributed by atoms with Crippen LogP contribution in [0.4, 0.5) is 0 Å². The Hall–Kier alpha value is -2.54. The molecule has 0 aliphatic carbocycles. The molecule has 1 amide bonds. The van der Waals surface area contributed by atoms with E-state index >= 15 is 0 Å². The number of hydrogen-bond acceptors (Lipinski definition) is 6. The number of hydrogen-bond donors (Lipinski definition) is 1. The van der Waals surface area contributed by atoms with Gasteiger partial charge in [-0.25, -0.2) is 10.5 Å². The lowest BCUT2D eigenvalue weighted by Gasteiger charge is -1.99. The highest BCUT2D eigenvalue weighted by molar-refractivity contribution is 5.77. The summed E-state index contributed by atoms with van der Waals surface area (Å²) in [5, 5.41) is 0. The number of aryl methyl sites for hydroxylation is 1. The van der Waals surface area contributed by atoms with E-state index < -0.39 is 0 Å². The maximum Gasteiger partial charge on any atom is 0.249 e. The summed E-state index contributed by atoms with van der Waals surface area (Å²) in [6, 6.07) is 5.43. The molecule has 21 heavy (non-hydrogen) atoms. The molecule has 2 heterocycles. The Kier molecular flexibility index (Phi) is 3.49. The second-order valence-corrected chi connectivity index (χ2v) is 4.50. The minimum absolute atomic E-state index is 0.0910. The van der Waals surface area contributed by atoms with Crippen LogP contribution in [0.15, 0.2) is 22.6 Å². The molecule has 1 aromatic carbocycles. The SMILES string of the molecule is CONC(=O)Cc1nc(-c2ccc3c(c2)OCO3)oc1C. The Morgan fingerprint density at radius 2 is 2.19 bits per heavy atom. The van der Waals surface area contributed by atoms with Crippen LogP contribution < -0.4 is 15.0 Å². The third-order valence-electron chi connectivity index (χ3n) is 3.06. The first kappa shape index (κ1) is 13.4. The van der Waals surface area contributed by atoms with Crippen LogP contribution in [0.3, 0.4) is 0 Å². The zero-order valence-corrected chi connectivity index (χ0v) is 11.6. The molecule has 0 saturated carbocycles. The van der Waals surface area contributed by atoms with Gasteiger partial charge in [0.05, 0.1) is 19.2 Å². The number of oxazole rings is 1. The lowest BCUT2D eigenvalue weighted by atomic mass is 10.2. The first-order chi connectivity index (χ1) is 10.2. The van der Waals surface area contributed by atoms with Crippen LogP contribution >= 0.6 is 0 Å². The summed E-state index contributed by atoms with van der Waals surface area (Å²) in [7, 11) is 1.38. The van der Waals surface area contributed by atoms with E-state index in [1.807, 2.05) is 6.07 Å². The van der Waals surface area contributed by atoms with Crippen molar-refractivity contribution in [3.05, 3.63) is 29.7 Å². The van der Waals surface area contributed by atoms with Gasteiger partial charge in [0.15, 0.2) is 11.5 Å². The second-order valence-electron chi connectivity index (χ2n) is 4.50. The Bertz CT molecular complexity index is 680. The molecule has 0 atom stereocenters. The van der Waals surface area contributed by atoms with Crippen LogP contribution in [-0.4, -0.2) is 24.8 Å². The Morgan fingerprint density at radius 3 is 3.00 bits per heavy atom. The molecular formula is C14H14N2O5. The minimum atomic E-state index is -0.286. The third-order valence-corrected chi connectivity index (χ3v) is 3.06. The van der Waals surface area contributed by atoms with Crippen molar-refractivity contribution in [3.63, 3.8) is 0 Å². The fraction of sp³-hybridized carbons (Fsp3) is 0.286. The van der Waals surface area contributed by atoms with E-state index in [9.17, 15) is 4.79 Å². The van der Waals surface area contributed by atoms with Crippen molar-refractivity contribution in [2.45, 2.75) is 13.3 Å². The molecule has 1 aliphatic heterocycles. The van der Waals surface area contributed by atoms with Gasteiger partial charge in [-0.2, -0.15) is 0 Å². The number of carbonyl (C=O) groups excluding carboxylic acids is 1. The number of nitrogens with zero attached hydrogens (tertiary/aromatic N) is 1. The van der Waals surface area contributed by atoms with Crippen LogP contribution in [0.25, 0.3) is 11.5 Å². The smallest absolute Gasteiger partial charge is 0.249 e. The topological polar surface area (TPSA) is 82.8 Å². The molecule has 0 unspecified atom stereocenters. The number of nitrogens with one attached hydrogen (secondary N) is 1. The highest BCUT2D eigenvalue weighted by Crippen LogP contribution is 2.36. The minimum Gasteiger partial charge on any atom is -0.454 e. The molecule has 1 aromatic heterocycles. The van der Waals surface area contributed by atoms with Gasteiger partial charge in [-0.1, -0.05) is 0 Å². The fourth-order valence-corrected chi connectivity index (χ4v) is 2.05. The first-order valence-electron chi connectivity index (χ1n) is 6.35. The molecule has 0 radical (unpaired) electrons. The maximum atomic E-state index is 11.5. The molecule has 7 heteroatoms. The van der Waals surface area contributed by atoms with Crippen molar-refractivity contribution in [1.29, 1.82) is 0 Å². The van der Waals surface area contributed by atoms with Crippen molar-refractivity contribution >= 4 is 5.91 Å². The molecule has 1 N–H and O–H groups in total. The van der Waals surface area contributed by atoms with Crippen molar-refractivity contribution in [3.8, 4) is 23.0 Å². The van der Waals surface area contributed by atoms with Crippen LogP contribution in [0.5, 0.6) is 11.5 Å². The van der Waals surface area contributed by atoms with Crippen LogP contribution in [0.1, 0.15) is 11.5 Å². The average Bonchev–Trinajstić information content (AvgIpc) is 3.05. The molecule has 0 spiro atoms. The standard InChI is InChI=1S/C14H14N2O5/c1-8-10(6-13(17)16-18-2)15-14(21-8)9-3-4-11-12(5-9)20-7-19-11/h3-5H,6-7H2,1-2H3,(H,16,17). The summed E-state index contributed by atoms with van der Waals surface area (Å²) < 4.78 is 16.2. The number of aromatic nitrogens is 1. The first-order valence-corrected chi connectivity index (χ1v) is 6.35. The lowest BCUT2D eigenvalue weighted by molar-refractivity contribution is -0.130.